The van der Waals surface area contributed by atoms with Crippen molar-refractivity contribution in [1.82, 2.24) is 10.6 Å². The van der Waals surface area contributed by atoms with E-state index in [1.165, 1.54) is 0 Å². The highest BCUT2D eigenvalue weighted by molar-refractivity contribution is 7.80. The van der Waals surface area contributed by atoms with Crippen molar-refractivity contribution in [2.75, 3.05) is 18.5 Å². The molecular formula is C20H18ClN3O3S. The minimum atomic E-state index is -0.438. The van der Waals surface area contributed by atoms with Crippen LogP contribution in [0.25, 0.3) is 0 Å². The fraction of sp³-hybridized carbons (Fsp3) is 0.200. The average molecular weight is 416 g/mol. The second kappa shape index (κ2) is 7.69. The van der Waals surface area contributed by atoms with Gasteiger partial charge >= 0.3 is 0 Å². The molecule has 0 aromatic heterocycles. The molecule has 0 saturated heterocycles. The molecule has 6 nitrogen and oxygen atoms in total. The summed E-state index contributed by atoms with van der Waals surface area (Å²) in [5.74, 6) is 1.07. The first-order chi connectivity index (χ1) is 13.5. The number of fused-ring (bicyclic) bond motifs is 1. The zero-order valence-electron chi connectivity index (χ0n) is 15.0. The van der Waals surface area contributed by atoms with Crippen LogP contribution in [0.4, 0.5) is 5.69 Å². The maximum Gasteiger partial charge on any atom is 0.255 e. The van der Waals surface area contributed by atoms with Gasteiger partial charge in [0.25, 0.3) is 5.91 Å². The number of hydrogen-bond donors (Lipinski definition) is 3. The average Bonchev–Trinajstić information content (AvgIpc) is 2.68. The Kier molecular flexibility index (Phi) is 5.11. The number of nitrogens with one attached hydrogen (secondary N) is 3. The highest BCUT2D eigenvalue weighted by Gasteiger charge is 2.31. The summed E-state index contributed by atoms with van der Waals surface area (Å²) < 4.78 is 11.3. The van der Waals surface area contributed by atoms with Crippen molar-refractivity contribution >= 4 is 40.5 Å². The van der Waals surface area contributed by atoms with Crippen LogP contribution in [0.1, 0.15) is 18.5 Å². The lowest BCUT2D eigenvalue weighted by Gasteiger charge is -2.31. The summed E-state index contributed by atoms with van der Waals surface area (Å²) in [6, 6.07) is 12.3. The maximum absolute atomic E-state index is 13.1. The first kappa shape index (κ1) is 18.6. The third kappa shape index (κ3) is 3.63. The lowest BCUT2D eigenvalue weighted by molar-refractivity contribution is -0.113. The van der Waals surface area contributed by atoms with Crippen LogP contribution in [0, 0.1) is 0 Å². The Hall–Kier alpha value is -2.77. The predicted octanol–water partition coefficient (Wildman–Crippen LogP) is 3.54. The Labute approximate surface area is 172 Å². The number of para-hydroxylation sites is 1. The summed E-state index contributed by atoms with van der Waals surface area (Å²) in [6.45, 7) is 2.83. The molecule has 0 radical (unpaired) electrons. The van der Waals surface area contributed by atoms with Crippen molar-refractivity contribution in [2.45, 2.75) is 13.0 Å². The van der Waals surface area contributed by atoms with Gasteiger partial charge in [0, 0.05) is 5.70 Å². The van der Waals surface area contributed by atoms with Crippen molar-refractivity contribution in [3.05, 3.63) is 64.3 Å². The number of thiocarbonyl (C=S) groups is 1. The Bertz CT molecular complexity index is 992. The summed E-state index contributed by atoms with van der Waals surface area (Å²) in [5.41, 5.74) is 2.58. The van der Waals surface area contributed by atoms with E-state index in [0.29, 0.717) is 51.8 Å². The van der Waals surface area contributed by atoms with Crippen LogP contribution in [0.5, 0.6) is 11.5 Å². The monoisotopic (exact) mass is 415 g/mol. The fourth-order valence-electron chi connectivity index (χ4n) is 3.24. The smallest absolute Gasteiger partial charge is 0.255 e. The molecule has 1 amide bonds. The highest BCUT2D eigenvalue weighted by Crippen LogP contribution is 2.36. The number of ether oxygens (including phenoxy) is 2. The zero-order chi connectivity index (χ0) is 19.7. The number of halogens is 1. The summed E-state index contributed by atoms with van der Waals surface area (Å²) in [5, 5.41) is 10.00. The van der Waals surface area contributed by atoms with Crippen molar-refractivity contribution in [3.8, 4) is 11.5 Å². The Morgan fingerprint density at radius 2 is 1.93 bits per heavy atom. The Morgan fingerprint density at radius 1 is 1.18 bits per heavy atom. The summed E-state index contributed by atoms with van der Waals surface area (Å²) in [4.78, 5) is 13.1. The minimum absolute atomic E-state index is 0.270. The molecule has 4 rings (SSSR count). The van der Waals surface area contributed by atoms with Crippen LogP contribution in [-0.4, -0.2) is 24.2 Å². The Balaban J connectivity index is 1.69. The van der Waals surface area contributed by atoms with Crippen LogP contribution in [0.3, 0.4) is 0 Å². The molecule has 28 heavy (non-hydrogen) atoms. The molecule has 2 heterocycles. The first-order valence-corrected chi connectivity index (χ1v) is 9.55. The minimum Gasteiger partial charge on any atom is -0.486 e. The van der Waals surface area contributed by atoms with E-state index in [4.69, 9.17) is 33.3 Å². The van der Waals surface area contributed by atoms with Crippen LogP contribution >= 0.6 is 23.8 Å². The molecule has 2 aromatic rings. The standard InChI is InChI=1S/C20H18ClN3O3S/c1-11-17(19(25)23-14-5-3-2-4-13(14)21)18(24-20(28)22-11)12-6-7-15-16(10-12)27-9-8-26-15/h2-7,10,18H,8-9H2,1H3,(H,23,25)(H2,22,24,28)/t18-/m1/s1. The first-order valence-electron chi connectivity index (χ1n) is 8.76. The fourth-order valence-corrected chi connectivity index (χ4v) is 3.69. The van der Waals surface area contributed by atoms with Crippen molar-refractivity contribution in [1.29, 1.82) is 0 Å². The van der Waals surface area contributed by atoms with E-state index in [1.54, 1.807) is 12.1 Å². The molecule has 1 atom stereocenters. The van der Waals surface area contributed by atoms with E-state index in [0.717, 1.165) is 5.56 Å². The number of amides is 1. The summed E-state index contributed by atoms with van der Waals surface area (Å²) >= 11 is 11.5. The number of carbonyl (C=O) groups excluding carboxylic acids is 1. The van der Waals surface area contributed by atoms with E-state index in [1.807, 2.05) is 37.3 Å². The molecule has 0 saturated carbocycles. The molecule has 8 heteroatoms. The highest BCUT2D eigenvalue weighted by atomic mass is 35.5. The van der Waals surface area contributed by atoms with E-state index in [9.17, 15) is 4.79 Å². The van der Waals surface area contributed by atoms with Gasteiger partial charge in [0.15, 0.2) is 16.6 Å². The van der Waals surface area contributed by atoms with Gasteiger partial charge in [-0.15, -0.1) is 0 Å². The van der Waals surface area contributed by atoms with Gasteiger partial charge in [0.1, 0.15) is 13.2 Å². The molecule has 0 bridgehead atoms. The largest absolute Gasteiger partial charge is 0.486 e. The van der Waals surface area contributed by atoms with Crippen molar-refractivity contribution < 1.29 is 14.3 Å². The summed E-state index contributed by atoms with van der Waals surface area (Å²) in [6.07, 6.45) is 0. The van der Waals surface area contributed by atoms with E-state index in [2.05, 4.69) is 16.0 Å². The van der Waals surface area contributed by atoms with Gasteiger partial charge in [0.2, 0.25) is 0 Å². The molecule has 0 aliphatic carbocycles. The topological polar surface area (TPSA) is 71.6 Å². The van der Waals surface area contributed by atoms with Crippen LogP contribution in [0.2, 0.25) is 5.02 Å². The SMILES string of the molecule is CC1=C(C(=O)Nc2ccccc2Cl)[C@@H](c2ccc3c(c2)OCCO3)NC(=S)N1. The second-order valence-electron chi connectivity index (χ2n) is 6.41. The number of hydrogen-bond acceptors (Lipinski definition) is 4. The van der Waals surface area contributed by atoms with Gasteiger partial charge in [-0.25, -0.2) is 0 Å². The number of benzene rings is 2. The number of rotatable bonds is 3. The molecule has 3 N–H and O–H groups in total. The van der Waals surface area contributed by atoms with Crippen LogP contribution in [-0.2, 0) is 4.79 Å². The lowest BCUT2D eigenvalue weighted by atomic mass is 9.94. The molecule has 2 aliphatic rings. The summed E-state index contributed by atoms with van der Waals surface area (Å²) in [7, 11) is 0. The van der Waals surface area contributed by atoms with Gasteiger partial charge in [-0.2, -0.15) is 0 Å². The molecule has 144 valence electrons. The van der Waals surface area contributed by atoms with Gasteiger partial charge in [0.05, 0.1) is 22.3 Å². The number of anilines is 1. The Morgan fingerprint density at radius 3 is 2.71 bits per heavy atom. The molecule has 2 aliphatic heterocycles. The van der Waals surface area contributed by atoms with Gasteiger partial charge < -0.3 is 25.4 Å². The molecule has 2 aromatic carbocycles. The normalized spacial score (nSPS) is 18.2. The third-order valence-electron chi connectivity index (χ3n) is 4.54. The quantitative estimate of drug-likeness (QED) is 0.666. The van der Waals surface area contributed by atoms with E-state index in [-0.39, 0.29) is 5.91 Å². The van der Waals surface area contributed by atoms with Crippen LogP contribution < -0.4 is 25.4 Å². The number of carbonyl (C=O) groups is 1. The van der Waals surface area contributed by atoms with Crippen molar-refractivity contribution in [3.63, 3.8) is 0 Å². The third-order valence-corrected chi connectivity index (χ3v) is 5.08. The van der Waals surface area contributed by atoms with Gasteiger partial charge in [-0.05, 0) is 49.0 Å². The lowest BCUT2D eigenvalue weighted by Crippen LogP contribution is -2.45. The number of allylic oxidation sites excluding steroid dienone is 1. The second-order valence-corrected chi connectivity index (χ2v) is 7.22. The molecule has 0 unspecified atom stereocenters. The van der Waals surface area contributed by atoms with Gasteiger partial charge in [-0.1, -0.05) is 29.8 Å². The molecule has 0 spiro atoms. The zero-order valence-corrected chi connectivity index (χ0v) is 16.6. The van der Waals surface area contributed by atoms with Crippen LogP contribution in [0.15, 0.2) is 53.7 Å². The predicted molar refractivity (Wildman–Crippen MR) is 112 cm³/mol. The molecular weight excluding hydrogens is 398 g/mol. The maximum atomic E-state index is 13.1. The molecule has 0 fully saturated rings. The van der Waals surface area contributed by atoms with E-state index >= 15 is 0 Å². The van der Waals surface area contributed by atoms with Crippen molar-refractivity contribution in [2.24, 2.45) is 0 Å². The van der Waals surface area contributed by atoms with Gasteiger partial charge in [-0.3, -0.25) is 4.79 Å². The van der Waals surface area contributed by atoms with E-state index < -0.39 is 6.04 Å².